The van der Waals surface area contributed by atoms with Gasteiger partial charge in [0.1, 0.15) is 5.75 Å². The molecule has 1 amide bonds. The normalized spacial score (nSPS) is 19.4. The van der Waals surface area contributed by atoms with Crippen LogP contribution in [0, 0.1) is 0 Å². The van der Waals surface area contributed by atoms with Crippen LogP contribution < -0.4 is 14.9 Å². The molecule has 9 nitrogen and oxygen atoms in total. The molecule has 3 N–H and O–H groups in total. The van der Waals surface area contributed by atoms with E-state index in [2.05, 4.69) is 20.1 Å². The summed E-state index contributed by atoms with van der Waals surface area (Å²) in [7, 11) is -1.30. The maximum atomic E-state index is 12.5. The van der Waals surface area contributed by atoms with E-state index in [0.717, 1.165) is 31.3 Å². The summed E-state index contributed by atoms with van der Waals surface area (Å²) in [5, 5.41) is 25.3. The topological polar surface area (TPSA) is 115 Å². The third-order valence-electron chi connectivity index (χ3n) is 5.13. The molecular weight excluding hydrogens is 395 g/mol. The lowest BCUT2D eigenvalue weighted by Gasteiger charge is -2.34. The Hall–Kier alpha value is -2.63. The van der Waals surface area contributed by atoms with Gasteiger partial charge in [-0.25, -0.2) is 9.78 Å². The van der Waals surface area contributed by atoms with Crippen LogP contribution in [0.2, 0.25) is 0 Å². The number of nitrogens with zero attached hydrogens (tertiary/aromatic N) is 3. The van der Waals surface area contributed by atoms with Crippen molar-refractivity contribution in [2.24, 2.45) is 0 Å². The van der Waals surface area contributed by atoms with Gasteiger partial charge >= 0.3 is 13.1 Å². The Labute approximate surface area is 172 Å². The number of hydrogen-bond donors (Lipinski definition) is 3. The zero-order chi connectivity index (χ0) is 20.4. The third kappa shape index (κ3) is 4.36. The number of aromatic carboxylic acids is 1. The van der Waals surface area contributed by atoms with Crippen LogP contribution in [0.3, 0.4) is 0 Å². The van der Waals surface area contributed by atoms with Crippen molar-refractivity contribution in [3.63, 3.8) is 0 Å². The van der Waals surface area contributed by atoms with Gasteiger partial charge in [0.15, 0.2) is 5.13 Å². The van der Waals surface area contributed by atoms with Gasteiger partial charge < -0.3 is 25.0 Å². The highest BCUT2D eigenvalue weighted by molar-refractivity contribution is 7.13. The van der Waals surface area contributed by atoms with Crippen LogP contribution in [0.15, 0.2) is 29.8 Å². The number of carbonyl (C=O) groups is 2. The van der Waals surface area contributed by atoms with Crippen molar-refractivity contribution < 1.29 is 24.4 Å². The second-order valence-electron chi connectivity index (χ2n) is 7.06. The van der Waals surface area contributed by atoms with Gasteiger partial charge in [0.05, 0.1) is 18.0 Å². The number of anilines is 1. The molecule has 1 saturated heterocycles. The van der Waals surface area contributed by atoms with Crippen LogP contribution in [-0.4, -0.2) is 77.7 Å². The number of amides is 1. The van der Waals surface area contributed by atoms with E-state index in [-0.39, 0.29) is 23.8 Å². The lowest BCUT2D eigenvalue weighted by molar-refractivity contribution is -0.122. The predicted octanol–water partition coefficient (Wildman–Crippen LogP) is 0.103. The van der Waals surface area contributed by atoms with Crippen molar-refractivity contribution in [3.8, 4) is 5.75 Å². The molecule has 1 unspecified atom stereocenters. The van der Waals surface area contributed by atoms with Crippen molar-refractivity contribution in [2.45, 2.75) is 12.4 Å². The number of piperazine rings is 1. The minimum Gasteiger partial charge on any atom is -0.534 e. The SMILES string of the molecule is O=C(CN1CCN(c2nccs2)CC1)NC1Cc2cccc(C(=O)O)c2OB1O. The van der Waals surface area contributed by atoms with E-state index < -0.39 is 19.0 Å². The Balaban J connectivity index is 1.31. The summed E-state index contributed by atoms with van der Waals surface area (Å²) in [5.74, 6) is -1.78. The molecule has 4 rings (SSSR count). The maximum Gasteiger partial charge on any atom is 0.547 e. The lowest BCUT2D eigenvalue weighted by Crippen LogP contribution is -2.56. The molecular formula is C18H21BN4O5S. The Morgan fingerprint density at radius 1 is 1.31 bits per heavy atom. The Morgan fingerprint density at radius 2 is 2.10 bits per heavy atom. The molecule has 0 radical (unpaired) electrons. The molecule has 3 heterocycles. The van der Waals surface area contributed by atoms with E-state index in [4.69, 9.17) is 4.65 Å². The molecule has 0 aliphatic carbocycles. The molecule has 29 heavy (non-hydrogen) atoms. The van der Waals surface area contributed by atoms with Gasteiger partial charge in [-0.2, -0.15) is 0 Å². The van der Waals surface area contributed by atoms with E-state index in [0.29, 0.717) is 12.0 Å². The second kappa shape index (κ2) is 8.40. The molecule has 2 aromatic rings. The van der Waals surface area contributed by atoms with Crippen LogP contribution in [0.5, 0.6) is 5.75 Å². The zero-order valence-electron chi connectivity index (χ0n) is 15.7. The number of hydrogen-bond acceptors (Lipinski definition) is 8. The Morgan fingerprint density at radius 3 is 2.79 bits per heavy atom. The second-order valence-corrected chi connectivity index (χ2v) is 7.94. The average Bonchev–Trinajstić information content (AvgIpc) is 3.23. The van der Waals surface area contributed by atoms with Crippen LogP contribution in [0.1, 0.15) is 15.9 Å². The van der Waals surface area contributed by atoms with Gasteiger partial charge in [0, 0.05) is 37.8 Å². The highest BCUT2D eigenvalue weighted by atomic mass is 32.1. The highest BCUT2D eigenvalue weighted by Crippen LogP contribution is 2.30. The molecule has 11 heteroatoms. The predicted molar refractivity (Wildman–Crippen MR) is 108 cm³/mol. The van der Waals surface area contributed by atoms with Gasteiger partial charge in [-0.05, 0) is 18.1 Å². The van der Waals surface area contributed by atoms with Crippen molar-refractivity contribution in [1.82, 2.24) is 15.2 Å². The van der Waals surface area contributed by atoms with Gasteiger partial charge in [0.25, 0.3) is 0 Å². The van der Waals surface area contributed by atoms with Crippen molar-refractivity contribution in [1.29, 1.82) is 0 Å². The van der Waals surface area contributed by atoms with Crippen LogP contribution >= 0.6 is 11.3 Å². The molecule has 0 spiro atoms. The van der Waals surface area contributed by atoms with Gasteiger partial charge in [-0.3, -0.25) is 9.69 Å². The van der Waals surface area contributed by atoms with Crippen LogP contribution in [0.25, 0.3) is 0 Å². The average molecular weight is 416 g/mol. The fraction of sp³-hybridized carbons (Fsp3) is 0.389. The number of nitrogens with one attached hydrogen (secondary N) is 1. The fourth-order valence-corrected chi connectivity index (χ4v) is 4.34. The number of para-hydroxylation sites is 1. The van der Waals surface area contributed by atoms with Gasteiger partial charge in [-0.15, -0.1) is 11.3 Å². The number of aromatic nitrogens is 1. The summed E-state index contributed by atoms with van der Waals surface area (Å²) < 4.78 is 5.42. The molecule has 1 aromatic carbocycles. The molecule has 0 bridgehead atoms. The minimum absolute atomic E-state index is 0.00410. The van der Waals surface area contributed by atoms with E-state index in [1.54, 1.807) is 29.7 Å². The van der Waals surface area contributed by atoms with Crippen LogP contribution in [-0.2, 0) is 11.2 Å². The summed E-state index contributed by atoms with van der Waals surface area (Å²) in [6.45, 7) is 3.35. The first-order valence-electron chi connectivity index (χ1n) is 9.37. The minimum atomic E-state index is -1.30. The summed E-state index contributed by atoms with van der Waals surface area (Å²) in [5.41, 5.74) is 0.655. The summed E-state index contributed by atoms with van der Waals surface area (Å²) >= 11 is 1.60. The zero-order valence-corrected chi connectivity index (χ0v) is 16.5. The number of carboxylic acid groups (broad SMARTS) is 1. The molecule has 2 aliphatic rings. The summed E-state index contributed by atoms with van der Waals surface area (Å²) in [6.07, 6.45) is 2.09. The van der Waals surface area contributed by atoms with Crippen molar-refractivity contribution in [3.05, 3.63) is 40.9 Å². The smallest absolute Gasteiger partial charge is 0.534 e. The number of thiazole rings is 1. The number of benzene rings is 1. The molecule has 0 saturated carbocycles. The molecule has 152 valence electrons. The van der Waals surface area contributed by atoms with Crippen molar-refractivity contribution in [2.75, 3.05) is 37.6 Å². The van der Waals surface area contributed by atoms with E-state index in [1.165, 1.54) is 6.07 Å². The monoisotopic (exact) mass is 416 g/mol. The quantitative estimate of drug-likeness (QED) is 0.589. The Bertz CT molecular complexity index is 888. The van der Waals surface area contributed by atoms with E-state index in [9.17, 15) is 19.7 Å². The first-order valence-corrected chi connectivity index (χ1v) is 10.3. The summed E-state index contributed by atoms with van der Waals surface area (Å²) in [4.78, 5) is 32.4. The standard InChI is InChI=1S/C18H21BN4O5S/c24-15(11-22-5-7-23(8-6-22)18-20-4-9-29-18)21-14-10-12-2-1-3-13(17(25)26)16(12)28-19(14)27/h1-4,9,14,27H,5-8,10-11H2,(H,21,24)(H,25,26). The van der Waals surface area contributed by atoms with E-state index in [1.807, 2.05) is 5.38 Å². The van der Waals surface area contributed by atoms with E-state index >= 15 is 0 Å². The van der Waals surface area contributed by atoms with Crippen molar-refractivity contribution >= 4 is 35.5 Å². The summed E-state index contributed by atoms with van der Waals surface area (Å²) in [6, 6.07) is 4.80. The van der Waals surface area contributed by atoms with Crippen LogP contribution in [0.4, 0.5) is 5.13 Å². The molecule has 1 atom stereocenters. The molecule has 1 fully saturated rings. The highest BCUT2D eigenvalue weighted by Gasteiger charge is 2.38. The number of carboxylic acids is 1. The van der Waals surface area contributed by atoms with Gasteiger partial charge in [-0.1, -0.05) is 12.1 Å². The fourth-order valence-electron chi connectivity index (χ4n) is 3.64. The molecule has 1 aromatic heterocycles. The first kappa shape index (κ1) is 19.7. The van der Waals surface area contributed by atoms with Gasteiger partial charge in [0.2, 0.25) is 5.91 Å². The Kier molecular flexibility index (Phi) is 5.70. The largest absolute Gasteiger partial charge is 0.547 e. The first-order chi connectivity index (χ1) is 14.0. The lowest BCUT2D eigenvalue weighted by atomic mass is 9.72. The third-order valence-corrected chi connectivity index (χ3v) is 5.96. The molecule has 2 aliphatic heterocycles. The maximum absolute atomic E-state index is 12.5. The number of rotatable bonds is 5. The number of carbonyl (C=O) groups excluding carboxylic acids is 1. The number of fused-ring (bicyclic) bond motifs is 1.